The van der Waals surface area contributed by atoms with Crippen molar-refractivity contribution < 1.29 is 14.7 Å². The van der Waals surface area contributed by atoms with E-state index in [0.29, 0.717) is 0 Å². The number of anilines is 1. The van der Waals surface area contributed by atoms with Gasteiger partial charge in [-0.05, 0) is 36.8 Å². The van der Waals surface area contributed by atoms with Crippen LogP contribution in [0.5, 0.6) is 0 Å². The fraction of sp³-hybridized carbons (Fsp3) is 0.125. The molecule has 2 rings (SSSR count). The van der Waals surface area contributed by atoms with Gasteiger partial charge in [-0.25, -0.2) is 4.79 Å². The molecule has 2 aromatic rings. The summed E-state index contributed by atoms with van der Waals surface area (Å²) in [7, 11) is 0. The number of carbonyl (C=O) groups is 2. The Bertz CT molecular complexity index is 763. The van der Waals surface area contributed by atoms with Gasteiger partial charge in [-0.2, -0.15) is 0 Å². The Balaban J connectivity index is 2.29. The van der Waals surface area contributed by atoms with Crippen molar-refractivity contribution in [2.75, 3.05) is 5.32 Å². The van der Waals surface area contributed by atoms with E-state index >= 15 is 0 Å². The molecule has 0 heterocycles. The first-order valence-electron chi connectivity index (χ1n) is 6.58. The van der Waals surface area contributed by atoms with Crippen molar-refractivity contribution in [1.29, 1.82) is 0 Å². The van der Waals surface area contributed by atoms with Crippen LogP contribution in [0.1, 0.15) is 28.8 Å². The molecule has 0 radical (unpaired) electrons. The normalized spacial score (nSPS) is 11.8. The SMILES string of the molecule is CC(C(=O)Nc1cc(Cl)cc(Cl)c1C(=O)O)c1ccc(Br)cc1. The summed E-state index contributed by atoms with van der Waals surface area (Å²) in [6, 6.07) is 9.98. The standard InChI is InChI=1S/C16H12BrCl2NO3/c1-8(9-2-4-10(17)5-3-9)15(21)20-13-7-11(18)6-12(19)14(13)16(22)23/h2-8H,1H3,(H,20,21)(H,22,23). The quantitative estimate of drug-likeness (QED) is 0.719. The van der Waals surface area contributed by atoms with Gasteiger partial charge in [0.1, 0.15) is 5.56 Å². The zero-order valence-electron chi connectivity index (χ0n) is 11.9. The molecule has 2 aromatic carbocycles. The van der Waals surface area contributed by atoms with E-state index in [1.54, 1.807) is 6.92 Å². The minimum Gasteiger partial charge on any atom is -0.478 e. The van der Waals surface area contributed by atoms with Crippen molar-refractivity contribution in [1.82, 2.24) is 0 Å². The highest BCUT2D eigenvalue weighted by molar-refractivity contribution is 9.10. The Morgan fingerprint density at radius 3 is 2.35 bits per heavy atom. The molecule has 23 heavy (non-hydrogen) atoms. The Morgan fingerprint density at radius 1 is 1.17 bits per heavy atom. The highest BCUT2D eigenvalue weighted by Gasteiger charge is 2.21. The van der Waals surface area contributed by atoms with Crippen LogP contribution in [-0.2, 0) is 4.79 Å². The summed E-state index contributed by atoms with van der Waals surface area (Å²) < 4.78 is 0.906. The smallest absolute Gasteiger partial charge is 0.339 e. The molecule has 1 amide bonds. The summed E-state index contributed by atoms with van der Waals surface area (Å²) in [5, 5.41) is 12.0. The summed E-state index contributed by atoms with van der Waals surface area (Å²) in [4.78, 5) is 23.7. The van der Waals surface area contributed by atoms with Crippen LogP contribution in [0.2, 0.25) is 10.0 Å². The van der Waals surface area contributed by atoms with Crippen LogP contribution in [0.15, 0.2) is 40.9 Å². The van der Waals surface area contributed by atoms with Crippen LogP contribution in [0.25, 0.3) is 0 Å². The molecule has 0 aromatic heterocycles. The Hall–Kier alpha value is -1.56. The topological polar surface area (TPSA) is 66.4 Å². The fourth-order valence-electron chi connectivity index (χ4n) is 2.03. The molecule has 1 unspecified atom stereocenters. The average molecular weight is 417 g/mol. The molecule has 2 N–H and O–H groups in total. The number of hydrogen-bond acceptors (Lipinski definition) is 2. The van der Waals surface area contributed by atoms with E-state index in [0.717, 1.165) is 10.0 Å². The number of carboxylic acid groups (broad SMARTS) is 1. The van der Waals surface area contributed by atoms with Crippen LogP contribution in [0.4, 0.5) is 5.69 Å². The summed E-state index contributed by atoms with van der Waals surface area (Å²) in [5.74, 6) is -2.06. The van der Waals surface area contributed by atoms with Gasteiger partial charge >= 0.3 is 5.97 Å². The number of hydrogen-bond donors (Lipinski definition) is 2. The number of carboxylic acids is 1. The maximum Gasteiger partial charge on any atom is 0.339 e. The second-order valence-electron chi connectivity index (χ2n) is 4.88. The third kappa shape index (κ3) is 4.25. The Labute approximate surface area is 151 Å². The predicted octanol–water partition coefficient (Wildman–Crippen LogP) is 5.20. The molecule has 7 heteroatoms. The predicted molar refractivity (Wildman–Crippen MR) is 94.6 cm³/mol. The van der Waals surface area contributed by atoms with Gasteiger partial charge in [0.25, 0.3) is 0 Å². The molecule has 0 aliphatic carbocycles. The summed E-state index contributed by atoms with van der Waals surface area (Å²) in [5.41, 5.74) is 0.687. The van der Waals surface area contributed by atoms with Crippen molar-refractivity contribution >= 4 is 56.7 Å². The number of nitrogens with one attached hydrogen (secondary N) is 1. The van der Waals surface area contributed by atoms with Crippen molar-refractivity contribution in [2.24, 2.45) is 0 Å². The molecule has 1 atom stereocenters. The molecule has 0 saturated carbocycles. The van der Waals surface area contributed by atoms with Crippen molar-refractivity contribution in [3.8, 4) is 0 Å². The number of carbonyl (C=O) groups excluding carboxylic acids is 1. The van der Waals surface area contributed by atoms with Gasteiger partial charge < -0.3 is 10.4 Å². The molecular weight excluding hydrogens is 405 g/mol. The first-order chi connectivity index (χ1) is 10.8. The average Bonchev–Trinajstić information content (AvgIpc) is 2.46. The molecule has 4 nitrogen and oxygen atoms in total. The summed E-state index contributed by atoms with van der Waals surface area (Å²) >= 11 is 15.1. The molecule has 0 saturated heterocycles. The number of amides is 1. The van der Waals surface area contributed by atoms with E-state index in [9.17, 15) is 14.7 Å². The second-order valence-corrected chi connectivity index (χ2v) is 6.64. The molecule has 0 aliphatic heterocycles. The lowest BCUT2D eigenvalue weighted by Crippen LogP contribution is -2.20. The number of rotatable bonds is 4. The highest BCUT2D eigenvalue weighted by Crippen LogP contribution is 2.30. The Kier molecular flexibility index (Phi) is 5.68. The van der Waals surface area contributed by atoms with Gasteiger partial charge in [0.2, 0.25) is 5.91 Å². The van der Waals surface area contributed by atoms with Gasteiger partial charge in [-0.15, -0.1) is 0 Å². The zero-order valence-corrected chi connectivity index (χ0v) is 15.0. The van der Waals surface area contributed by atoms with Gasteiger partial charge in [-0.3, -0.25) is 4.79 Å². The summed E-state index contributed by atoms with van der Waals surface area (Å²) in [6.07, 6.45) is 0. The molecule has 0 spiro atoms. The molecule has 0 aliphatic rings. The third-order valence-corrected chi connectivity index (χ3v) is 4.33. The van der Waals surface area contributed by atoms with Crippen LogP contribution in [0, 0.1) is 0 Å². The zero-order chi connectivity index (χ0) is 17.1. The van der Waals surface area contributed by atoms with E-state index < -0.39 is 11.9 Å². The Morgan fingerprint density at radius 2 is 1.78 bits per heavy atom. The summed E-state index contributed by atoms with van der Waals surface area (Å²) in [6.45, 7) is 1.73. The first kappa shape index (κ1) is 17.8. The number of aromatic carboxylic acids is 1. The fourth-order valence-corrected chi connectivity index (χ4v) is 2.87. The maximum absolute atomic E-state index is 12.4. The maximum atomic E-state index is 12.4. The molecule has 0 bridgehead atoms. The van der Waals surface area contributed by atoms with Crippen LogP contribution < -0.4 is 5.32 Å². The second kappa shape index (κ2) is 7.34. The number of benzene rings is 2. The van der Waals surface area contributed by atoms with Gasteiger partial charge in [-0.1, -0.05) is 51.3 Å². The van der Waals surface area contributed by atoms with Crippen LogP contribution >= 0.6 is 39.1 Å². The first-order valence-corrected chi connectivity index (χ1v) is 8.13. The van der Waals surface area contributed by atoms with E-state index in [1.165, 1.54) is 12.1 Å². The largest absolute Gasteiger partial charge is 0.478 e. The van der Waals surface area contributed by atoms with Gasteiger partial charge in [0.05, 0.1) is 16.6 Å². The van der Waals surface area contributed by atoms with Crippen molar-refractivity contribution in [3.63, 3.8) is 0 Å². The van der Waals surface area contributed by atoms with E-state index in [-0.39, 0.29) is 27.2 Å². The number of halogens is 3. The monoisotopic (exact) mass is 415 g/mol. The molecular formula is C16H12BrCl2NO3. The van der Waals surface area contributed by atoms with Gasteiger partial charge in [0.15, 0.2) is 0 Å². The van der Waals surface area contributed by atoms with Crippen molar-refractivity contribution in [3.05, 3.63) is 62.0 Å². The van der Waals surface area contributed by atoms with Crippen LogP contribution in [0.3, 0.4) is 0 Å². The van der Waals surface area contributed by atoms with Crippen molar-refractivity contribution in [2.45, 2.75) is 12.8 Å². The van der Waals surface area contributed by atoms with E-state index in [2.05, 4.69) is 21.2 Å². The third-order valence-electron chi connectivity index (χ3n) is 3.29. The lowest BCUT2D eigenvalue weighted by atomic mass is 10.00. The van der Waals surface area contributed by atoms with Gasteiger partial charge in [0, 0.05) is 9.50 Å². The molecule has 120 valence electrons. The minimum atomic E-state index is -1.24. The minimum absolute atomic E-state index is 0.0309. The van der Waals surface area contributed by atoms with E-state index in [1.807, 2.05) is 24.3 Å². The molecule has 0 fully saturated rings. The van der Waals surface area contributed by atoms with Crippen LogP contribution in [-0.4, -0.2) is 17.0 Å². The highest BCUT2D eigenvalue weighted by atomic mass is 79.9. The van der Waals surface area contributed by atoms with E-state index in [4.69, 9.17) is 23.2 Å². The lowest BCUT2D eigenvalue weighted by molar-refractivity contribution is -0.117. The lowest BCUT2D eigenvalue weighted by Gasteiger charge is -2.15.